The van der Waals surface area contributed by atoms with Gasteiger partial charge in [0.1, 0.15) is 11.5 Å². The normalized spacial score (nSPS) is 10.6. The largest absolute Gasteiger partial charge is 0.484 e. The van der Waals surface area contributed by atoms with Crippen LogP contribution in [0.15, 0.2) is 84.9 Å². The fourth-order valence-corrected chi connectivity index (χ4v) is 4.39. The van der Waals surface area contributed by atoms with E-state index in [4.69, 9.17) is 9.47 Å². The van der Waals surface area contributed by atoms with Crippen LogP contribution in [0.5, 0.6) is 11.5 Å². The predicted octanol–water partition coefficient (Wildman–Crippen LogP) is 4.48. The molecule has 0 fully saturated rings. The average Bonchev–Trinajstić information content (AvgIpc) is 3.03. The first-order valence-corrected chi connectivity index (χ1v) is 14.3. The van der Waals surface area contributed by atoms with Crippen molar-refractivity contribution in [3.63, 3.8) is 0 Å². The molecule has 224 valence electrons. The molecule has 0 aromatic heterocycles. The van der Waals surface area contributed by atoms with Crippen molar-refractivity contribution in [2.24, 2.45) is 0 Å². The van der Waals surface area contributed by atoms with Crippen LogP contribution in [0, 0.1) is 0 Å². The van der Waals surface area contributed by atoms with Gasteiger partial charge in [0.15, 0.2) is 13.2 Å². The van der Waals surface area contributed by atoms with Crippen LogP contribution >= 0.6 is 0 Å². The van der Waals surface area contributed by atoms with E-state index in [0.717, 1.165) is 40.8 Å². The molecule has 43 heavy (non-hydrogen) atoms. The number of rotatable bonds is 14. The van der Waals surface area contributed by atoms with Gasteiger partial charge >= 0.3 is 0 Å². The van der Waals surface area contributed by atoms with E-state index in [0.29, 0.717) is 24.3 Å². The molecule has 10 heteroatoms. The Bertz CT molecular complexity index is 1440. The molecular weight excluding hydrogens is 548 g/mol. The topological polar surface area (TPSA) is 135 Å². The summed E-state index contributed by atoms with van der Waals surface area (Å²) in [4.78, 5) is 48.0. The number of carbonyl (C=O) groups excluding carboxylic acids is 4. The quantitative estimate of drug-likeness (QED) is 0.128. The van der Waals surface area contributed by atoms with Crippen molar-refractivity contribution < 1.29 is 28.7 Å². The van der Waals surface area contributed by atoms with E-state index in [9.17, 15) is 19.2 Å². The molecule has 0 saturated heterocycles. The zero-order valence-electron chi connectivity index (χ0n) is 23.9. The van der Waals surface area contributed by atoms with Crippen LogP contribution in [0.25, 0.3) is 21.5 Å². The Hall–Kier alpha value is -5.12. The third-order valence-corrected chi connectivity index (χ3v) is 6.67. The van der Waals surface area contributed by atoms with Gasteiger partial charge < -0.3 is 9.47 Å². The molecular formula is C33H36N4O6. The number of hydrogen-bond donors (Lipinski definition) is 4. The molecule has 0 bridgehead atoms. The van der Waals surface area contributed by atoms with E-state index < -0.39 is 11.8 Å². The molecule has 4 amide bonds. The Balaban J connectivity index is 0.967. The van der Waals surface area contributed by atoms with Crippen molar-refractivity contribution >= 4 is 45.2 Å². The minimum atomic E-state index is -0.451. The Labute approximate surface area is 250 Å². The van der Waals surface area contributed by atoms with Crippen molar-refractivity contribution in [3.05, 3.63) is 84.9 Å². The number of hydrazine groups is 2. The molecule has 4 N–H and O–H groups in total. The highest BCUT2D eigenvalue weighted by molar-refractivity contribution is 5.86. The van der Waals surface area contributed by atoms with E-state index in [1.165, 1.54) is 0 Å². The predicted molar refractivity (Wildman–Crippen MR) is 164 cm³/mol. The van der Waals surface area contributed by atoms with Gasteiger partial charge in [-0.2, -0.15) is 0 Å². The number of fused-ring (bicyclic) bond motifs is 2. The second kappa shape index (κ2) is 16.4. The maximum Gasteiger partial charge on any atom is 0.276 e. The maximum atomic E-state index is 12.0. The second-order valence-electron chi connectivity index (χ2n) is 10.1. The van der Waals surface area contributed by atoms with Crippen molar-refractivity contribution in [2.45, 2.75) is 44.9 Å². The van der Waals surface area contributed by atoms with Crippen molar-refractivity contribution in [2.75, 3.05) is 13.2 Å². The Morgan fingerprint density at radius 1 is 0.442 bits per heavy atom. The molecule has 0 aliphatic heterocycles. The first kappa shape index (κ1) is 30.8. The molecule has 0 heterocycles. The van der Waals surface area contributed by atoms with Gasteiger partial charge in [-0.05, 0) is 58.7 Å². The molecule has 10 nitrogen and oxygen atoms in total. The summed E-state index contributed by atoms with van der Waals surface area (Å²) in [6.07, 6.45) is 4.37. The summed E-state index contributed by atoms with van der Waals surface area (Å²) in [6.45, 7) is -0.427. The summed E-state index contributed by atoms with van der Waals surface area (Å²) in [5, 5.41) is 4.19. The van der Waals surface area contributed by atoms with Crippen LogP contribution in [-0.2, 0) is 19.2 Å². The lowest BCUT2D eigenvalue weighted by Gasteiger charge is -2.10. The standard InChI is InChI=1S/C33H36N4O6/c38-30(34-36-32(40)22-42-28-18-16-24-10-6-8-12-26(24)20-28)14-4-2-1-3-5-15-31(39)35-37-33(41)23-43-29-19-17-25-11-7-9-13-27(25)21-29/h6-13,16-21H,1-5,14-15,22-23H2,(H,34,38)(H,35,39)(H,36,40)(H,37,41). The number of amides is 4. The zero-order valence-corrected chi connectivity index (χ0v) is 23.9. The molecule has 0 aliphatic rings. The lowest BCUT2D eigenvalue weighted by molar-refractivity contribution is -0.130. The molecule has 0 aliphatic carbocycles. The highest BCUT2D eigenvalue weighted by atomic mass is 16.5. The monoisotopic (exact) mass is 584 g/mol. The summed E-state index contributed by atoms with van der Waals surface area (Å²) in [5.41, 5.74) is 9.52. The van der Waals surface area contributed by atoms with Gasteiger partial charge in [-0.25, -0.2) is 0 Å². The van der Waals surface area contributed by atoms with Crippen LogP contribution in [-0.4, -0.2) is 36.8 Å². The maximum absolute atomic E-state index is 12.0. The summed E-state index contributed by atoms with van der Waals surface area (Å²) >= 11 is 0. The highest BCUT2D eigenvalue weighted by Crippen LogP contribution is 2.21. The van der Waals surface area contributed by atoms with Crippen LogP contribution in [0.4, 0.5) is 0 Å². The molecule has 0 spiro atoms. The SMILES string of the molecule is O=C(CCCCCCCC(=O)NNC(=O)COc1ccc2ccccc2c1)NNC(=O)COc1ccc2ccccc2c1. The molecule has 4 rings (SSSR count). The number of nitrogens with one attached hydrogen (secondary N) is 4. The smallest absolute Gasteiger partial charge is 0.276 e. The number of benzene rings is 4. The van der Waals surface area contributed by atoms with Gasteiger partial charge in [-0.3, -0.25) is 40.9 Å². The molecule has 0 unspecified atom stereocenters. The minimum absolute atomic E-state index is 0.213. The summed E-state index contributed by atoms with van der Waals surface area (Å²) in [6, 6.07) is 26.8. The van der Waals surface area contributed by atoms with Crippen LogP contribution in [0.2, 0.25) is 0 Å². The lowest BCUT2D eigenvalue weighted by Crippen LogP contribution is -2.43. The second-order valence-corrected chi connectivity index (χ2v) is 10.1. The third-order valence-electron chi connectivity index (χ3n) is 6.67. The fraction of sp³-hybridized carbons (Fsp3) is 0.273. The van der Waals surface area contributed by atoms with E-state index in [-0.39, 0.29) is 37.9 Å². The first-order valence-electron chi connectivity index (χ1n) is 14.3. The summed E-state index contributed by atoms with van der Waals surface area (Å²) < 4.78 is 11.0. The number of ether oxygens (including phenoxy) is 2. The van der Waals surface area contributed by atoms with E-state index >= 15 is 0 Å². The number of hydrogen-bond acceptors (Lipinski definition) is 6. The average molecular weight is 585 g/mol. The van der Waals surface area contributed by atoms with Gasteiger partial charge in [0, 0.05) is 12.8 Å². The minimum Gasteiger partial charge on any atom is -0.484 e. The molecule has 4 aromatic carbocycles. The van der Waals surface area contributed by atoms with Gasteiger partial charge in [0.2, 0.25) is 11.8 Å². The van der Waals surface area contributed by atoms with Gasteiger partial charge in [0.25, 0.3) is 11.8 Å². The van der Waals surface area contributed by atoms with E-state index in [1.54, 1.807) is 12.1 Å². The van der Waals surface area contributed by atoms with Crippen molar-refractivity contribution in [1.82, 2.24) is 21.7 Å². The number of carbonyl (C=O) groups is 4. The molecule has 0 atom stereocenters. The Kier molecular flexibility index (Phi) is 11.7. The van der Waals surface area contributed by atoms with Gasteiger partial charge in [-0.1, -0.05) is 79.9 Å². The van der Waals surface area contributed by atoms with Gasteiger partial charge in [0.05, 0.1) is 0 Å². The van der Waals surface area contributed by atoms with Crippen LogP contribution in [0.1, 0.15) is 44.9 Å². The zero-order chi connectivity index (χ0) is 30.3. The van der Waals surface area contributed by atoms with E-state index in [1.807, 2.05) is 72.8 Å². The summed E-state index contributed by atoms with van der Waals surface area (Å²) in [7, 11) is 0. The molecule has 0 saturated carbocycles. The van der Waals surface area contributed by atoms with Gasteiger partial charge in [-0.15, -0.1) is 0 Å². The molecule has 0 radical (unpaired) electrons. The Morgan fingerprint density at radius 3 is 1.26 bits per heavy atom. The van der Waals surface area contributed by atoms with Crippen molar-refractivity contribution in [3.8, 4) is 11.5 Å². The van der Waals surface area contributed by atoms with Crippen molar-refractivity contribution in [1.29, 1.82) is 0 Å². The van der Waals surface area contributed by atoms with Crippen LogP contribution in [0.3, 0.4) is 0 Å². The Morgan fingerprint density at radius 2 is 0.814 bits per heavy atom. The lowest BCUT2D eigenvalue weighted by atomic mass is 10.1. The fourth-order valence-electron chi connectivity index (χ4n) is 4.39. The number of unbranched alkanes of at least 4 members (excludes halogenated alkanes) is 4. The first-order chi connectivity index (χ1) is 21.0. The van der Waals surface area contributed by atoms with E-state index in [2.05, 4.69) is 21.7 Å². The summed E-state index contributed by atoms with van der Waals surface area (Å²) in [5.74, 6) is -0.311. The highest BCUT2D eigenvalue weighted by Gasteiger charge is 2.08. The van der Waals surface area contributed by atoms with Crippen LogP contribution < -0.4 is 31.2 Å². The molecule has 4 aromatic rings. The third kappa shape index (κ3) is 10.7.